The van der Waals surface area contributed by atoms with Gasteiger partial charge in [0.2, 0.25) is 0 Å². The maximum absolute atomic E-state index is 5.36. The second-order valence-electron chi connectivity index (χ2n) is 1.59. The molecule has 0 aliphatic rings. The smallest absolute Gasteiger partial charge is 0.257 e. The number of nitrogen functional groups attached to an aromatic ring is 2. The number of nitrogens with one attached hydrogen (secondary N) is 1. The number of hydrogen-bond donors (Lipinski definition) is 3. The number of anilines is 1. The van der Waals surface area contributed by atoms with Crippen molar-refractivity contribution in [2.45, 2.75) is 6.92 Å². The van der Waals surface area contributed by atoms with Crippen LogP contribution in [0.15, 0.2) is 0 Å². The number of hydrazine groups is 1. The molecule has 7 heteroatoms. The molecule has 0 aliphatic heterocycles. The van der Waals surface area contributed by atoms with Crippen LogP contribution in [0.2, 0.25) is 0 Å². The fourth-order valence-electron chi connectivity index (χ4n) is 0.468. The lowest BCUT2D eigenvalue weighted by Crippen LogP contribution is -2.18. The van der Waals surface area contributed by atoms with Crippen LogP contribution in [0.1, 0.15) is 5.82 Å². The molecule has 0 radical (unpaired) electrons. The molecule has 6 nitrogen and oxygen atoms in total. The van der Waals surface area contributed by atoms with E-state index in [9.17, 15) is 0 Å². The van der Waals surface area contributed by atoms with Gasteiger partial charge in [-0.25, -0.2) is 10.5 Å². The van der Waals surface area contributed by atoms with Gasteiger partial charge in [-0.15, -0.1) is 22.6 Å². The molecule has 0 spiro atoms. The summed E-state index contributed by atoms with van der Waals surface area (Å²) in [4.78, 5) is 0. The van der Waals surface area contributed by atoms with Crippen molar-refractivity contribution in [3.05, 3.63) is 5.82 Å². The Hall–Kier alpha value is -1.01. The minimum absolute atomic E-state index is 0. The van der Waals surface area contributed by atoms with Crippen molar-refractivity contribution in [1.29, 1.82) is 0 Å². The lowest BCUT2D eigenvalue weighted by molar-refractivity contribution is 0.925. The van der Waals surface area contributed by atoms with E-state index in [1.54, 1.807) is 6.92 Å². The summed E-state index contributed by atoms with van der Waals surface area (Å²) < 4.78 is 1.26. The number of nitrogens with two attached hydrogens (primary N) is 2. The average molecular weight is 165 g/mol. The number of aryl methyl sites for hydroxylation is 1. The van der Waals surface area contributed by atoms with E-state index in [2.05, 4.69) is 15.6 Å². The third-order valence-corrected chi connectivity index (χ3v) is 0.995. The fourth-order valence-corrected chi connectivity index (χ4v) is 0.468. The molecule has 58 valence electrons. The second-order valence-corrected chi connectivity index (χ2v) is 1.59. The summed E-state index contributed by atoms with van der Waals surface area (Å²) in [5.41, 5.74) is 2.28. The minimum atomic E-state index is 0. The summed E-state index contributed by atoms with van der Waals surface area (Å²) in [7, 11) is 0. The molecule has 0 amide bonds. The van der Waals surface area contributed by atoms with Crippen LogP contribution in [-0.2, 0) is 0 Å². The number of rotatable bonds is 1. The molecule has 0 atom stereocenters. The van der Waals surface area contributed by atoms with Crippen molar-refractivity contribution in [1.82, 2.24) is 14.9 Å². The molecule has 5 N–H and O–H groups in total. The Balaban J connectivity index is 0.000000810. The Morgan fingerprint density at radius 3 is 2.30 bits per heavy atom. The highest BCUT2D eigenvalue weighted by Gasteiger charge is 2.00. The molecule has 0 fully saturated rings. The van der Waals surface area contributed by atoms with Gasteiger partial charge in [0.1, 0.15) is 0 Å². The van der Waals surface area contributed by atoms with E-state index in [4.69, 9.17) is 11.7 Å². The highest BCUT2D eigenvalue weighted by molar-refractivity contribution is 5.85. The van der Waals surface area contributed by atoms with Gasteiger partial charge in [0.25, 0.3) is 5.95 Å². The van der Waals surface area contributed by atoms with Gasteiger partial charge >= 0.3 is 0 Å². The Kier molecular flexibility index (Phi) is 2.91. The van der Waals surface area contributed by atoms with E-state index in [1.165, 1.54) is 4.68 Å². The van der Waals surface area contributed by atoms with E-state index in [1.807, 2.05) is 0 Å². The van der Waals surface area contributed by atoms with Crippen LogP contribution in [-0.4, -0.2) is 14.9 Å². The van der Waals surface area contributed by atoms with Crippen molar-refractivity contribution < 1.29 is 0 Å². The zero-order valence-corrected chi connectivity index (χ0v) is 6.22. The minimum Gasteiger partial charge on any atom is -0.335 e. The Bertz CT molecular complexity index is 207. The molecule has 10 heavy (non-hydrogen) atoms. The molecule has 0 aliphatic carbocycles. The SMILES string of the molecule is Cc1nnc(NN)n1N.Cl. The quantitative estimate of drug-likeness (QED) is 0.366. The van der Waals surface area contributed by atoms with Gasteiger partial charge in [-0.1, -0.05) is 0 Å². The van der Waals surface area contributed by atoms with Crippen LogP contribution in [0.25, 0.3) is 0 Å². The summed E-state index contributed by atoms with van der Waals surface area (Å²) >= 11 is 0. The van der Waals surface area contributed by atoms with E-state index in [0.717, 1.165) is 0 Å². The molecular weight excluding hydrogens is 156 g/mol. The normalized spacial score (nSPS) is 8.60. The second kappa shape index (κ2) is 3.23. The lowest BCUT2D eigenvalue weighted by atomic mass is 10.7. The third-order valence-electron chi connectivity index (χ3n) is 0.995. The van der Waals surface area contributed by atoms with Crippen LogP contribution in [0, 0.1) is 6.92 Å². The van der Waals surface area contributed by atoms with Crippen LogP contribution in [0.5, 0.6) is 0 Å². The summed E-state index contributed by atoms with van der Waals surface area (Å²) in [5, 5.41) is 7.22. The van der Waals surface area contributed by atoms with Crippen LogP contribution >= 0.6 is 12.4 Å². The Morgan fingerprint density at radius 2 is 2.10 bits per heavy atom. The predicted molar refractivity (Wildman–Crippen MR) is 40.0 cm³/mol. The maximum atomic E-state index is 5.36. The van der Waals surface area contributed by atoms with Crippen LogP contribution in [0.4, 0.5) is 5.95 Å². The van der Waals surface area contributed by atoms with Crippen molar-refractivity contribution in [3.63, 3.8) is 0 Å². The zero-order valence-electron chi connectivity index (χ0n) is 5.40. The fraction of sp³-hybridized carbons (Fsp3) is 0.333. The zero-order chi connectivity index (χ0) is 6.85. The predicted octanol–water partition coefficient (Wildman–Crippen LogP) is -0.992. The highest BCUT2D eigenvalue weighted by atomic mass is 35.5. The molecule has 0 aromatic carbocycles. The molecule has 1 heterocycles. The van der Waals surface area contributed by atoms with Crippen molar-refractivity contribution >= 4 is 18.4 Å². The molecule has 0 unspecified atom stereocenters. The number of aromatic nitrogens is 3. The van der Waals surface area contributed by atoms with Gasteiger partial charge in [0, 0.05) is 0 Å². The number of halogens is 1. The Labute approximate surface area is 63.9 Å². The summed E-state index contributed by atoms with van der Waals surface area (Å²) in [6.45, 7) is 1.73. The summed E-state index contributed by atoms with van der Waals surface area (Å²) in [6.07, 6.45) is 0. The van der Waals surface area contributed by atoms with Gasteiger partial charge in [-0.05, 0) is 6.92 Å². The van der Waals surface area contributed by atoms with Crippen LogP contribution < -0.4 is 17.1 Å². The highest BCUT2D eigenvalue weighted by Crippen LogP contribution is 1.96. The first kappa shape index (κ1) is 8.99. The molecule has 0 bridgehead atoms. The van der Waals surface area contributed by atoms with Crippen molar-refractivity contribution in [3.8, 4) is 0 Å². The summed E-state index contributed by atoms with van der Waals surface area (Å²) in [6, 6.07) is 0. The van der Waals surface area contributed by atoms with Gasteiger partial charge in [0.05, 0.1) is 0 Å². The van der Waals surface area contributed by atoms with Gasteiger partial charge in [-0.3, -0.25) is 5.43 Å². The van der Waals surface area contributed by atoms with E-state index >= 15 is 0 Å². The Morgan fingerprint density at radius 1 is 1.50 bits per heavy atom. The first-order valence-corrected chi connectivity index (χ1v) is 2.39. The molecule has 0 saturated heterocycles. The summed E-state index contributed by atoms with van der Waals surface area (Å²) in [5.74, 6) is 11.3. The van der Waals surface area contributed by atoms with E-state index in [-0.39, 0.29) is 12.4 Å². The van der Waals surface area contributed by atoms with Gasteiger partial charge in [-0.2, -0.15) is 0 Å². The maximum Gasteiger partial charge on any atom is 0.257 e. The number of hydrogen-bond acceptors (Lipinski definition) is 5. The topological polar surface area (TPSA) is 94.8 Å². The molecular formula is C3H9ClN6. The van der Waals surface area contributed by atoms with Crippen molar-refractivity contribution in [2.24, 2.45) is 5.84 Å². The largest absolute Gasteiger partial charge is 0.335 e. The van der Waals surface area contributed by atoms with Gasteiger partial charge < -0.3 is 5.84 Å². The van der Waals surface area contributed by atoms with Crippen molar-refractivity contribution in [2.75, 3.05) is 11.3 Å². The van der Waals surface area contributed by atoms with Gasteiger partial charge in [0.15, 0.2) is 5.82 Å². The molecule has 1 aromatic rings. The number of nitrogens with zero attached hydrogens (tertiary/aromatic N) is 3. The van der Waals surface area contributed by atoms with Crippen LogP contribution in [0.3, 0.4) is 0 Å². The first-order valence-electron chi connectivity index (χ1n) is 2.39. The average Bonchev–Trinajstić information content (AvgIpc) is 2.15. The lowest BCUT2D eigenvalue weighted by Gasteiger charge is -1.96. The molecule has 1 rings (SSSR count). The third kappa shape index (κ3) is 1.28. The molecule has 1 aromatic heterocycles. The standard InChI is InChI=1S/C3H8N6.ClH/c1-2-7-8-3(6-4)9(2)5;/h4-5H2,1H3,(H,6,8);1H. The monoisotopic (exact) mass is 164 g/mol. The van der Waals surface area contributed by atoms with E-state index < -0.39 is 0 Å². The first-order chi connectivity index (χ1) is 4.25. The molecule has 0 saturated carbocycles. The van der Waals surface area contributed by atoms with E-state index in [0.29, 0.717) is 11.8 Å².